The number of halogens is 1. The number of methoxy groups -OCH3 is 2. The molecule has 0 saturated carbocycles. The monoisotopic (exact) mass is 364 g/mol. The van der Waals surface area contributed by atoms with Crippen LogP contribution < -0.4 is 25.3 Å². The number of nitrogens with two attached hydrogens (primary N) is 1. The minimum atomic E-state index is -0.341. The molecule has 0 saturated heterocycles. The van der Waals surface area contributed by atoms with Gasteiger partial charge in [-0.2, -0.15) is 0 Å². The van der Waals surface area contributed by atoms with E-state index in [0.29, 0.717) is 45.8 Å². The summed E-state index contributed by atoms with van der Waals surface area (Å²) >= 11 is 6.24. The van der Waals surface area contributed by atoms with Gasteiger partial charge in [0.2, 0.25) is 0 Å². The lowest BCUT2D eigenvalue weighted by molar-refractivity contribution is 0.102. The van der Waals surface area contributed by atoms with Gasteiger partial charge in [-0.05, 0) is 36.8 Å². The summed E-state index contributed by atoms with van der Waals surface area (Å²) in [6.45, 7) is 2.50. The van der Waals surface area contributed by atoms with Crippen LogP contribution in [0.4, 0.5) is 11.4 Å². The maximum Gasteiger partial charge on any atom is 0.255 e. The van der Waals surface area contributed by atoms with Crippen molar-refractivity contribution in [2.45, 2.75) is 13.3 Å². The van der Waals surface area contributed by atoms with Gasteiger partial charge in [0.25, 0.3) is 5.91 Å². The lowest BCUT2D eigenvalue weighted by atomic mass is 10.1. The van der Waals surface area contributed by atoms with Crippen LogP contribution in [-0.4, -0.2) is 26.7 Å². The zero-order valence-corrected chi connectivity index (χ0v) is 15.1. The SMILES string of the molecule is CCCOc1c(Cl)cc(C(=O)Nc2ccc(OC)c(N)c2)cc1OC. The Kier molecular flexibility index (Phi) is 6.36. The molecule has 1 amide bonds. The number of hydrogen-bond donors (Lipinski definition) is 2. The Morgan fingerprint density at radius 3 is 2.48 bits per heavy atom. The zero-order valence-electron chi connectivity index (χ0n) is 14.4. The van der Waals surface area contributed by atoms with Crippen LogP contribution in [0.25, 0.3) is 0 Å². The van der Waals surface area contributed by atoms with Crippen molar-refractivity contribution in [2.75, 3.05) is 31.9 Å². The van der Waals surface area contributed by atoms with E-state index >= 15 is 0 Å². The van der Waals surface area contributed by atoms with E-state index in [9.17, 15) is 4.79 Å². The Balaban J connectivity index is 2.24. The van der Waals surface area contributed by atoms with Crippen LogP contribution in [0.2, 0.25) is 5.02 Å². The van der Waals surface area contributed by atoms with Gasteiger partial charge in [0.05, 0.1) is 31.5 Å². The summed E-state index contributed by atoms with van der Waals surface area (Å²) < 4.78 is 16.0. The molecule has 2 aromatic carbocycles. The first-order valence-corrected chi connectivity index (χ1v) is 8.13. The van der Waals surface area contributed by atoms with E-state index in [0.717, 1.165) is 6.42 Å². The van der Waals surface area contributed by atoms with Crippen LogP contribution in [0.15, 0.2) is 30.3 Å². The van der Waals surface area contributed by atoms with Crippen molar-refractivity contribution >= 4 is 28.9 Å². The van der Waals surface area contributed by atoms with Gasteiger partial charge in [0.15, 0.2) is 11.5 Å². The molecule has 0 fully saturated rings. The highest BCUT2D eigenvalue weighted by atomic mass is 35.5. The average molecular weight is 365 g/mol. The lowest BCUT2D eigenvalue weighted by Crippen LogP contribution is -2.13. The number of rotatable bonds is 7. The number of ether oxygens (including phenoxy) is 3. The van der Waals surface area contributed by atoms with E-state index in [1.165, 1.54) is 20.3 Å². The molecule has 0 aliphatic carbocycles. The highest BCUT2D eigenvalue weighted by molar-refractivity contribution is 6.32. The molecule has 0 aliphatic heterocycles. The predicted octanol–water partition coefficient (Wildman–Crippen LogP) is 3.98. The van der Waals surface area contributed by atoms with E-state index in [4.69, 9.17) is 31.5 Å². The molecule has 0 aliphatic rings. The molecule has 25 heavy (non-hydrogen) atoms. The zero-order chi connectivity index (χ0) is 18.4. The molecule has 2 rings (SSSR count). The number of carbonyl (C=O) groups is 1. The molecule has 2 aromatic rings. The van der Waals surface area contributed by atoms with Crippen molar-refractivity contribution in [2.24, 2.45) is 0 Å². The number of benzene rings is 2. The lowest BCUT2D eigenvalue weighted by Gasteiger charge is -2.14. The fraction of sp³-hybridized carbons (Fsp3) is 0.278. The second-order valence-corrected chi connectivity index (χ2v) is 5.66. The van der Waals surface area contributed by atoms with Crippen molar-refractivity contribution in [3.8, 4) is 17.2 Å². The van der Waals surface area contributed by atoms with Gasteiger partial charge < -0.3 is 25.3 Å². The minimum Gasteiger partial charge on any atom is -0.495 e. The van der Waals surface area contributed by atoms with Gasteiger partial charge in [-0.25, -0.2) is 0 Å². The van der Waals surface area contributed by atoms with Gasteiger partial charge in [0.1, 0.15) is 5.75 Å². The van der Waals surface area contributed by atoms with E-state index in [-0.39, 0.29) is 5.91 Å². The average Bonchev–Trinajstić information content (AvgIpc) is 2.60. The fourth-order valence-electron chi connectivity index (χ4n) is 2.21. The molecule has 134 valence electrons. The highest BCUT2D eigenvalue weighted by Crippen LogP contribution is 2.36. The second kappa shape index (κ2) is 8.48. The molecule has 0 radical (unpaired) electrons. The molecule has 3 N–H and O–H groups in total. The molecular formula is C18H21ClN2O4. The summed E-state index contributed by atoms with van der Waals surface area (Å²) in [6.07, 6.45) is 0.834. The smallest absolute Gasteiger partial charge is 0.255 e. The summed E-state index contributed by atoms with van der Waals surface area (Å²) in [5.74, 6) is 1.03. The topological polar surface area (TPSA) is 82.8 Å². The number of anilines is 2. The first kappa shape index (κ1) is 18.7. The number of nitrogens with one attached hydrogen (secondary N) is 1. The van der Waals surface area contributed by atoms with Gasteiger partial charge in [-0.3, -0.25) is 4.79 Å². The molecule has 0 atom stereocenters. The fourth-order valence-corrected chi connectivity index (χ4v) is 2.48. The molecule has 0 heterocycles. The van der Waals surface area contributed by atoms with E-state index in [1.807, 2.05) is 6.92 Å². The number of carbonyl (C=O) groups excluding carboxylic acids is 1. The summed E-state index contributed by atoms with van der Waals surface area (Å²) in [5, 5.41) is 3.07. The largest absolute Gasteiger partial charge is 0.495 e. The first-order valence-electron chi connectivity index (χ1n) is 7.75. The summed E-state index contributed by atoms with van der Waals surface area (Å²) in [6, 6.07) is 8.12. The normalized spacial score (nSPS) is 10.2. The third kappa shape index (κ3) is 4.48. The van der Waals surface area contributed by atoms with Crippen molar-refractivity contribution in [3.05, 3.63) is 40.9 Å². The third-order valence-electron chi connectivity index (χ3n) is 3.43. The molecular weight excluding hydrogens is 344 g/mol. The van der Waals surface area contributed by atoms with Crippen LogP contribution in [0.3, 0.4) is 0 Å². The summed E-state index contributed by atoms with van der Waals surface area (Å²) in [5.41, 5.74) is 7.17. The maximum absolute atomic E-state index is 12.5. The molecule has 0 bridgehead atoms. The standard InChI is InChI=1S/C18H21ClN2O4/c1-4-7-25-17-13(19)8-11(9-16(17)24-3)18(22)21-12-5-6-15(23-2)14(20)10-12/h5-6,8-10H,4,7,20H2,1-3H3,(H,21,22). The highest BCUT2D eigenvalue weighted by Gasteiger charge is 2.16. The quantitative estimate of drug-likeness (QED) is 0.726. The van der Waals surface area contributed by atoms with Gasteiger partial charge in [0, 0.05) is 11.3 Å². The summed E-state index contributed by atoms with van der Waals surface area (Å²) in [7, 11) is 3.02. The number of hydrogen-bond acceptors (Lipinski definition) is 5. The van der Waals surface area contributed by atoms with Crippen LogP contribution >= 0.6 is 11.6 Å². The Morgan fingerprint density at radius 1 is 1.16 bits per heavy atom. The van der Waals surface area contributed by atoms with E-state index in [2.05, 4.69) is 5.32 Å². The van der Waals surface area contributed by atoms with Crippen LogP contribution in [0.1, 0.15) is 23.7 Å². The Labute approximate surface area is 151 Å². The Morgan fingerprint density at radius 2 is 1.88 bits per heavy atom. The maximum atomic E-state index is 12.5. The second-order valence-electron chi connectivity index (χ2n) is 5.25. The number of nitrogen functional groups attached to an aromatic ring is 1. The Bertz CT molecular complexity index is 765. The van der Waals surface area contributed by atoms with E-state index in [1.54, 1.807) is 24.3 Å². The van der Waals surface area contributed by atoms with Gasteiger partial charge in [-0.1, -0.05) is 18.5 Å². The molecule has 0 spiro atoms. The number of amides is 1. The van der Waals surface area contributed by atoms with Crippen LogP contribution in [0, 0.1) is 0 Å². The molecule has 0 aromatic heterocycles. The molecule has 0 unspecified atom stereocenters. The van der Waals surface area contributed by atoms with Crippen LogP contribution in [0.5, 0.6) is 17.2 Å². The summed E-state index contributed by atoms with van der Waals surface area (Å²) in [4.78, 5) is 12.5. The minimum absolute atomic E-state index is 0.312. The van der Waals surface area contributed by atoms with Crippen molar-refractivity contribution in [3.63, 3.8) is 0 Å². The van der Waals surface area contributed by atoms with E-state index < -0.39 is 0 Å². The Hall–Kier alpha value is -2.60. The predicted molar refractivity (Wildman–Crippen MR) is 99.1 cm³/mol. The van der Waals surface area contributed by atoms with Gasteiger partial charge in [-0.15, -0.1) is 0 Å². The van der Waals surface area contributed by atoms with Crippen molar-refractivity contribution in [1.82, 2.24) is 0 Å². The van der Waals surface area contributed by atoms with Crippen molar-refractivity contribution < 1.29 is 19.0 Å². The molecule has 7 heteroatoms. The molecule has 6 nitrogen and oxygen atoms in total. The van der Waals surface area contributed by atoms with Crippen LogP contribution in [-0.2, 0) is 0 Å². The first-order chi connectivity index (χ1) is 12.0. The van der Waals surface area contributed by atoms with Crippen molar-refractivity contribution in [1.29, 1.82) is 0 Å². The third-order valence-corrected chi connectivity index (χ3v) is 3.71. The van der Waals surface area contributed by atoms with Gasteiger partial charge >= 0.3 is 0 Å².